The van der Waals surface area contributed by atoms with Crippen LogP contribution in [-0.4, -0.2) is 78.4 Å². The molecule has 3 heterocycles. The van der Waals surface area contributed by atoms with Crippen molar-refractivity contribution in [2.45, 2.75) is 13.8 Å². The number of hydrogen-bond donors (Lipinski definition) is 3. The van der Waals surface area contributed by atoms with Crippen LogP contribution >= 0.6 is 11.3 Å². The lowest BCUT2D eigenvalue weighted by Gasteiger charge is -2.25. The lowest BCUT2D eigenvalue weighted by Crippen LogP contribution is -2.41. The Morgan fingerprint density at radius 3 is 2.34 bits per heavy atom. The molecule has 2 aromatic rings. The van der Waals surface area contributed by atoms with Crippen molar-refractivity contribution in [2.75, 3.05) is 44.8 Å². The van der Waals surface area contributed by atoms with Gasteiger partial charge in [-0.2, -0.15) is 0 Å². The van der Waals surface area contributed by atoms with Crippen molar-refractivity contribution in [2.24, 2.45) is 0 Å². The Labute approximate surface area is 187 Å². The van der Waals surface area contributed by atoms with Crippen LogP contribution < -0.4 is 5.32 Å². The van der Waals surface area contributed by atoms with Gasteiger partial charge in [0, 0.05) is 24.0 Å². The number of nitrogens with one attached hydrogen (secondary N) is 1. The topological polar surface area (TPSA) is 156 Å². The van der Waals surface area contributed by atoms with Crippen molar-refractivity contribution in [1.29, 1.82) is 0 Å². The van der Waals surface area contributed by atoms with Crippen LogP contribution in [0.3, 0.4) is 0 Å². The van der Waals surface area contributed by atoms with Gasteiger partial charge in [-0.25, -0.2) is 14.4 Å². The number of amides is 1. The predicted molar refractivity (Wildman–Crippen MR) is 114 cm³/mol. The standard InChI is InChI=1S/C18H22N2O5S.C2H2O4/c1-3-24-18(22)16-13(14-5-4-12(2)25-14)11-26-17(16)19-15(21)10-20-6-8-23-9-7-20;3-1(4)2(5)6/h4-5,11H,3,6-10H2,1-2H3,(H,19,21);(H,3,4)(H,5,6). The van der Waals surface area contributed by atoms with E-state index in [9.17, 15) is 9.59 Å². The number of ether oxygens (including phenoxy) is 2. The van der Waals surface area contributed by atoms with Gasteiger partial charge in [-0.05, 0) is 26.0 Å². The largest absolute Gasteiger partial charge is 0.473 e. The summed E-state index contributed by atoms with van der Waals surface area (Å²) in [6.45, 7) is 6.80. The molecular formula is C20H24N2O9S. The SMILES string of the molecule is CCOC(=O)c1c(-c2ccc(C)o2)csc1NC(=O)CN1CCOCC1.O=C(O)C(=O)O. The molecule has 0 aromatic carbocycles. The molecule has 0 radical (unpaired) electrons. The maximum absolute atomic E-state index is 12.5. The fourth-order valence-electron chi connectivity index (χ4n) is 2.74. The van der Waals surface area contributed by atoms with Crippen molar-refractivity contribution in [1.82, 2.24) is 4.90 Å². The Morgan fingerprint density at radius 1 is 1.16 bits per heavy atom. The molecule has 32 heavy (non-hydrogen) atoms. The molecule has 0 atom stereocenters. The zero-order valence-corrected chi connectivity index (χ0v) is 18.4. The van der Waals surface area contributed by atoms with E-state index in [1.807, 2.05) is 17.9 Å². The number of carboxylic acids is 2. The Hall–Kier alpha value is -3.22. The number of aliphatic carboxylic acids is 2. The molecule has 2 aromatic heterocycles. The van der Waals surface area contributed by atoms with Gasteiger partial charge in [0.15, 0.2) is 0 Å². The molecule has 0 aliphatic carbocycles. The van der Waals surface area contributed by atoms with Crippen LogP contribution in [0.15, 0.2) is 21.9 Å². The fraction of sp³-hybridized carbons (Fsp3) is 0.400. The summed E-state index contributed by atoms with van der Waals surface area (Å²) in [6, 6.07) is 3.64. The first-order valence-electron chi connectivity index (χ1n) is 9.64. The van der Waals surface area contributed by atoms with E-state index in [-0.39, 0.29) is 19.1 Å². The number of esters is 1. The van der Waals surface area contributed by atoms with Gasteiger partial charge in [0.1, 0.15) is 22.1 Å². The van der Waals surface area contributed by atoms with Crippen molar-refractivity contribution < 1.29 is 43.3 Å². The van der Waals surface area contributed by atoms with Gasteiger partial charge in [0.05, 0.1) is 26.4 Å². The minimum Gasteiger partial charge on any atom is -0.473 e. The van der Waals surface area contributed by atoms with E-state index in [2.05, 4.69) is 5.32 Å². The lowest BCUT2D eigenvalue weighted by molar-refractivity contribution is -0.159. The molecule has 1 fully saturated rings. The maximum Gasteiger partial charge on any atom is 0.414 e. The third kappa shape index (κ3) is 7.18. The highest BCUT2D eigenvalue weighted by Gasteiger charge is 2.25. The summed E-state index contributed by atoms with van der Waals surface area (Å²) in [4.78, 5) is 45.1. The normalized spacial score (nSPS) is 13.6. The van der Waals surface area contributed by atoms with E-state index in [0.717, 1.165) is 18.8 Å². The first-order valence-corrected chi connectivity index (χ1v) is 10.5. The molecule has 1 amide bonds. The van der Waals surface area contributed by atoms with Crippen molar-refractivity contribution in [3.63, 3.8) is 0 Å². The zero-order valence-electron chi connectivity index (χ0n) is 17.6. The third-order valence-corrected chi connectivity index (χ3v) is 5.08. The van der Waals surface area contributed by atoms with E-state index in [1.165, 1.54) is 11.3 Å². The van der Waals surface area contributed by atoms with E-state index in [1.54, 1.807) is 18.4 Å². The Bertz CT molecular complexity index is 948. The Kier molecular flexibility index (Phi) is 9.38. The van der Waals surface area contributed by atoms with Gasteiger partial charge >= 0.3 is 17.9 Å². The zero-order chi connectivity index (χ0) is 23.7. The average molecular weight is 468 g/mol. The number of nitrogens with zero attached hydrogens (tertiary/aromatic N) is 1. The van der Waals surface area contributed by atoms with Crippen LogP contribution in [0, 0.1) is 6.92 Å². The van der Waals surface area contributed by atoms with E-state index >= 15 is 0 Å². The van der Waals surface area contributed by atoms with Crippen LogP contribution in [0.1, 0.15) is 23.0 Å². The molecule has 0 saturated carbocycles. The van der Waals surface area contributed by atoms with E-state index < -0.39 is 17.9 Å². The highest BCUT2D eigenvalue weighted by atomic mass is 32.1. The second-order valence-corrected chi connectivity index (χ2v) is 7.41. The summed E-state index contributed by atoms with van der Waals surface area (Å²) >= 11 is 1.29. The van der Waals surface area contributed by atoms with Gasteiger partial charge in [-0.3, -0.25) is 9.69 Å². The van der Waals surface area contributed by atoms with Gasteiger partial charge in [0.2, 0.25) is 5.91 Å². The molecule has 1 saturated heterocycles. The second-order valence-electron chi connectivity index (χ2n) is 6.53. The van der Waals surface area contributed by atoms with Crippen LogP contribution in [-0.2, 0) is 23.9 Å². The molecule has 0 bridgehead atoms. The highest BCUT2D eigenvalue weighted by Crippen LogP contribution is 2.37. The minimum absolute atomic E-state index is 0.165. The quantitative estimate of drug-likeness (QED) is 0.423. The van der Waals surface area contributed by atoms with Crippen LogP contribution in [0.5, 0.6) is 0 Å². The Morgan fingerprint density at radius 2 is 1.81 bits per heavy atom. The summed E-state index contributed by atoms with van der Waals surface area (Å²) in [5.74, 6) is -2.96. The van der Waals surface area contributed by atoms with Gasteiger partial charge in [-0.1, -0.05) is 0 Å². The number of morpholine rings is 1. The maximum atomic E-state index is 12.5. The van der Waals surface area contributed by atoms with E-state index in [4.69, 9.17) is 33.7 Å². The van der Waals surface area contributed by atoms with Crippen molar-refractivity contribution in [3.8, 4) is 11.3 Å². The molecule has 11 nitrogen and oxygen atoms in total. The first-order chi connectivity index (χ1) is 15.2. The van der Waals surface area contributed by atoms with Crippen LogP contribution in [0.4, 0.5) is 5.00 Å². The van der Waals surface area contributed by atoms with E-state index in [0.29, 0.717) is 35.1 Å². The molecule has 3 N–H and O–H groups in total. The molecular weight excluding hydrogens is 444 g/mol. The Balaban J connectivity index is 0.000000534. The monoisotopic (exact) mass is 468 g/mol. The molecule has 3 rings (SSSR count). The van der Waals surface area contributed by atoms with Crippen molar-refractivity contribution in [3.05, 3.63) is 28.8 Å². The molecule has 1 aliphatic rings. The number of carbonyl (C=O) groups is 4. The summed E-state index contributed by atoms with van der Waals surface area (Å²) in [5, 5.41) is 19.9. The van der Waals surface area contributed by atoms with Crippen molar-refractivity contribution >= 4 is 40.2 Å². The average Bonchev–Trinajstić information content (AvgIpc) is 3.35. The highest BCUT2D eigenvalue weighted by molar-refractivity contribution is 7.15. The smallest absolute Gasteiger partial charge is 0.414 e. The number of anilines is 1. The molecule has 12 heteroatoms. The number of thiophene rings is 1. The number of carbonyl (C=O) groups excluding carboxylic acids is 2. The summed E-state index contributed by atoms with van der Waals surface area (Å²) in [5.41, 5.74) is 0.963. The molecule has 0 unspecified atom stereocenters. The molecule has 0 spiro atoms. The lowest BCUT2D eigenvalue weighted by atomic mass is 10.1. The minimum atomic E-state index is -1.82. The van der Waals surface area contributed by atoms with Crippen LogP contribution in [0.25, 0.3) is 11.3 Å². The first kappa shape index (κ1) is 25.0. The summed E-state index contributed by atoms with van der Waals surface area (Å²) in [7, 11) is 0. The molecule has 1 aliphatic heterocycles. The number of hydrogen-bond acceptors (Lipinski definition) is 9. The van der Waals surface area contributed by atoms with Crippen LogP contribution in [0.2, 0.25) is 0 Å². The van der Waals surface area contributed by atoms with Gasteiger partial charge in [-0.15, -0.1) is 11.3 Å². The summed E-state index contributed by atoms with van der Waals surface area (Å²) < 4.78 is 16.1. The number of aryl methyl sites for hydroxylation is 1. The number of carboxylic acid groups (broad SMARTS) is 2. The van der Waals surface area contributed by atoms with Gasteiger partial charge < -0.3 is 29.4 Å². The fourth-order valence-corrected chi connectivity index (χ4v) is 3.70. The number of furan rings is 1. The summed E-state index contributed by atoms with van der Waals surface area (Å²) in [6.07, 6.45) is 0. The third-order valence-electron chi connectivity index (χ3n) is 4.18. The second kappa shape index (κ2) is 12.0. The molecule has 174 valence electrons. The number of rotatable bonds is 6. The predicted octanol–water partition coefficient (Wildman–Crippen LogP) is 1.92. The van der Waals surface area contributed by atoms with Gasteiger partial charge in [0.25, 0.3) is 0 Å².